The molecule has 1 aliphatic heterocycles. The molecule has 138 valence electrons. The highest BCUT2D eigenvalue weighted by Crippen LogP contribution is 2.19. The van der Waals surface area contributed by atoms with Crippen LogP contribution in [0.4, 0.5) is 13.2 Å². The number of aliphatic imine (C=N–C) groups is 1. The highest BCUT2D eigenvalue weighted by atomic mass is 127. The maximum atomic E-state index is 12.3. The average molecular weight is 452 g/mol. The van der Waals surface area contributed by atoms with E-state index in [0.717, 1.165) is 19.4 Å². The van der Waals surface area contributed by atoms with Crippen LogP contribution in [-0.2, 0) is 4.74 Å². The van der Waals surface area contributed by atoms with Gasteiger partial charge in [-0.2, -0.15) is 13.2 Å². The summed E-state index contributed by atoms with van der Waals surface area (Å²) in [6.45, 7) is 4.06. The van der Waals surface area contributed by atoms with Crippen LogP contribution in [-0.4, -0.2) is 69.5 Å². The molecule has 2 N–H and O–H groups in total. The van der Waals surface area contributed by atoms with Crippen molar-refractivity contribution >= 4 is 29.9 Å². The van der Waals surface area contributed by atoms with Crippen LogP contribution >= 0.6 is 24.0 Å². The van der Waals surface area contributed by atoms with Gasteiger partial charge in [0, 0.05) is 39.3 Å². The van der Waals surface area contributed by atoms with Gasteiger partial charge < -0.3 is 15.4 Å². The maximum Gasteiger partial charge on any atom is 0.401 e. The van der Waals surface area contributed by atoms with Crippen LogP contribution in [0.2, 0.25) is 0 Å². The summed E-state index contributed by atoms with van der Waals surface area (Å²) in [5.74, 6) is 0.609. The number of likely N-dealkylation sites (tertiary alicyclic amines) is 1. The number of nitrogens with one attached hydrogen (secondary N) is 2. The first-order chi connectivity index (χ1) is 10.4. The van der Waals surface area contributed by atoms with Crippen LogP contribution in [0.15, 0.2) is 4.99 Å². The van der Waals surface area contributed by atoms with Gasteiger partial charge in [0.1, 0.15) is 0 Å². The summed E-state index contributed by atoms with van der Waals surface area (Å²) in [6, 6.07) is -0.00504. The van der Waals surface area contributed by atoms with Crippen molar-refractivity contribution in [3.8, 4) is 0 Å². The minimum Gasteiger partial charge on any atom is -0.380 e. The van der Waals surface area contributed by atoms with Crippen molar-refractivity contribution in [2.75, 3.05) is 46.4 Å². The van der Waals surface area contributed by atoms with Gasteiger partial charge in [0.05, 0.1) is 13.2 Å². The van der Waals surface area contributed by atoms with E-state index in [0.29, 0.717) is 38.6 Å². The number of unbranched alkanes of at least 4 members (excludes halogenated alkanes) is 1. The van der Waals surface area contributed by atoms with Crippen LogP contribution in [0.25, 0.3) is 0 Å². The van der Waals surface area contributed by atoms with E-state index >= 15 is 0 Å². The number of ether oxygens (including phenoxy) is 1. The van der Waals surface area contributed by atoms with E-state index in [-0.39, 0.29) is 30.0 Å². The molecule has 1 heterocycles. The molecule has 1 atom stereocenters. The first-order valence-electron chi connectivity index (χ1n) is 7.78. The van der Waals surface area contributed by atoms with Gasteiger partial charge in [-0.3, -0.25) is 9.89 Å². The Bertz CT molecular complexity index is 342. The lowest BCUT2D eigenvalue weighted by atomic mass is 10.3. The van der Waals surface area contributed by atoms with E-state index in [1.807, 2.05) is 0 Å². The summed E-state index contributed by atoms with van der Waals surface area (Å²) in [7, 11) is 1.65. The largest absolute Gasteiger partial charge is 0.401 e. The predicted octanol–water partition coefficient (Wildman–Crippen LogP) is 2.22. The Morgan fingerprint density at radius 3 is 2.70 bits per heavy atom. The summed E-state index contributed by atoms with van der Waals surface area (Å²) in [6.07, 6.45) is -1.30. The van der Waals surface area contributed by atoms with Gasteiger partial charge in [0.2, 0.25) is 0 Å². The Hall–Kier alpha value is -0.290. The molecule has 1 rings (SSSR count). The maximum absolute atomic E-state index is 12.3. The number of hydrogen-bond donors (Lipinski definition) is 2. The molecule has 0 bridgehead atoms. The van der Waals surface area contributed by atoms with E-state index in [9.17, 15) is 13.2 Å². The lowest BCUT2D eigenvalue weighted by Gasteiger charge is -2.19. The van der Waals surface area contributed by atoms with Crippen LogP contribution in [0.5, 0.6) is 0 Å². The average Bonchev–Trinajstić information content (AvgIpc) is 2.86. The fourth-order valence-electron chi connectivity index (χ4n) is 2.33. The third kappa shape index (κ3) is 11.0. The Labute approximate surface area is 153 Å². The van der Waals surface area contributed by atoms with Crippen molar-refractivity contribution in [3.05, 3.63) is 0 Å². The summed E-state index contributed by atoms with van der Waals surface area (Å²) < 4.78 is 42.5. The number of nitrogens with zero attached hydrogens (tertiary/aromatic N) is 2. The van der Waals surface area contributed by atoms with Gasteiger partial charge in [-0.1, -0.05) is 13.3 Å². The van der Waals surface area contributed by atoms with Crippen molar-refractivity contribution in [3.63, 3.8) is 0 Å². The van der Waals surface area contributed by atoms with E-state index in [4.69, 9.17) is 4.74 Å². The molecule has 0 radical (unpaired) electrons. The molecule has 23 heavy (non-hydrogen) atoms. The van der Waals surface area contributed by atoms with Gasteiger partial charge in [0.25, 0.3) is 0 Å². The van der Waals surface area contributed by atoms with Gasteiger partial charge in [-0.15, -0.1) is 24.0 Å². The van der Waals surface area contributed by atoms with Crippen molar-refractivity contribution in [2.24, 2.45) is 4.99 Å². The van der Waals surface area contributed by atoms with E-state index in [1.54, 1.807) is 7.05 Å². The molecule has 1 aliphatic rings. The first-order valence-corrected chi connectivity index (χ1v) is 7.78. The number of halogens is 4. The molecule has 0 amide bonds. The van der Waals surface area contributed by atoms with Crippen LogP contribution in [0, 0.1) is 0 Å². The van der Waals surface area contributed by atoms with E-state index < -0.39 is 12.7 Å². The molecule has 0 aromatic rings. The number of alkyl halides is 3. The molecule has 0 spiro atoms. The normalized spacial score (nSPS) is 19.5. The zero-order valence-corrected chi connectivity index (χ0v) is 16.1. The fourth-order valence-corrected chi connectivity index (χ4v) is 2.33. The van der Waals surface area contributed by atoms with Crippen molar-refractivity contribution in [1.82, 2.24) is 15.5 Å². The minimum absolute atomic E-state index is 0. The first kappa shape index (κ1) is 22.7. The molecule has 1 unspecified atom stereocenters. The van der Waals surface area contributed by atoms with Crippen molar-refractivity contribution in [1.29, 1.82) is 0 Å². The highest BCUT2D eigenvalue weighted by Gasteiger charge is 2.34. The van der Waals surface area contributed by atoms with Crippen LogP contribution in [0.1, 0.15) is 26.2 Å². The zero-order chi connectivity index (χ0) is 16.4. The van der Waals surface area contributed by atoms with Gasteiger partial charge in [-0.05, 0) is 12.8 Å². The zero-order valence-electron chi connectivity index (χ0n) is 13.8. The second-order valence-electron chi connectivity index (χ2n) is 5.45. The van der Waals surface area contributed by atoms with Crippen LogP contribution in [0.3, 0.4) is 0 Å². The Balaban J connectivity index is 0.00000484. The van der Waals surface area contributed by atoms with E-state index in [1.165, 1.54) is 4.90 Å². The number of guanidine groups is 1. The second kappa shape index (κ2) is 12.1. The standard InChI is InChI=1S/C14H27F3N4O.HI/c1-3-4-8-22-9-6-19-13(18-2)20-12-5-7-21(10-12)11-14(15,16)17;/h12H,3-11H2,1-2H3,(H2,18,19,20);1H. The monoisotopic (exact) mass is 452 g/mol. The van der Waals surface area contributed by atoms with E-state index in [2.05, 4.69) is 22.5 Å². The van der Waals surface area contributed by atoms with Gasteiger partial charge in [-0.25, -0.2) is 0 Å². The molecular formula is C14H28F3IN4O. The molecule has 5 nitrogen and oxygen atoms in total. The summed E-state index contributed by atoms with van der Waals surface area (Å²) >= 11 is 0. The SMILES string of the molecule is CCCCOCCNC(=NC)NC1CCN(CC(F)(F)F)C1.I. The Kier molecular flexibility index (Phi) is 12.0. The third-order valence-electron chi connectivity index (χ3n) is 3.42. The molecule has 0 aliphatic carbocycles. The number of hydrogen-bond acceptors (Lipinski definition) is 3. The lowest BCUT2D eigenvalue weighted by molar-refractivity contribution is -0.143. The molecule has 9 heteroatoms. The molecule has 1 fully saturated rings. The van der Waals surface area contributed by atoms with Crippen molar-refractivity contribution < 1.29 is 17.9 Å². The van der Waals surface area contributed by atoms with Crippen molar-refractivity contribution in [2.45, 2.75) is 38.4 Å². The smallest absolute Gasteiger partial charge is 0.380 e. The van der Waals surface area contributed by atoms with Gasteiger partial charge >= 0.3 is 6.18 Å². The summed E-state index contributed by atoms with van der Waals surface area (Å²) in [5.41, 5.74) is 0. The second-order valence-corrected chi connectivity index (χ2v) is 5.45. The predicted molar refractivity (Wildman–Crippen MR) is 96.5 cm³/mol. The molecular weight excluding hydrogens is 424 g/mol. The minimum atomic E-state index is -4.13. The quantitative estimate of drug-likeness (QED) is 0.257. The third-order valence-corrected chi connectivity index (χ3v) is 3.42. The summed E-state index contributed by atoms with van der Waals surface area (Å²) in [4.78, 5) is 5.50. The molecule has 0 aromatic heterocycles. The van der Waals surface area contributed by atoms with Gasteiger partial charge in [0.15, 0.2) is 5.96 Å². The molecule has 0 saturated carbocycles. The topological polar surface area (TPSA) is 48.9 Å². The lowest BCUT2D eigenvalue weighted by Crippen LogP contribution is -2.46. The van der Waals surface area contributed by atoms with Crippen LogP contribution < -0.4 is 10.6 Å². The molecule has 1 saturated heterocycles. The summed E-state index contributed by atoms with van der Waals surface area (Å²) in [5, 5.41) is 6.27. The fraction of sp³-hybridized carbons (Fsp3) is 0.929. The molecule has 0 aromatic carbocycles. The highest BCUT2D eigenvalue weighted by molar-refractivity contribution is 14.0. The Morgan fingerprint density at radius 2 is 2.09 bits per heavy atom. The number of rotatable bonds is 8. The Morgan fingerprint density at radius 1 is 1.35 bits per heavy atom.